The number of rotatable bonds is 4. The lowest BCUT2D eigenvalue weighted by Gasteiger charge is -2.34. The summed E-state index contributed by atoms with van der Waals surface area (Å²) in [5.74, 6) is 1.07. The Kier molecular flexibility index (Phi) is 6.48. The van der Waals surface area contributed by atoms with Crippen LogP contribution in [0.2, 0.25) is 0 Å². The highest BCUT2D eigenvalue weighted by Gasteiger charge is 2.28. The summed E-state index contributed by atoms with van der Waals surface area (Å²) in [5.41, 5.74) is 1.15. The molecule has 2 aromatic heterocycles. The second-order valence-electron chi connectivity index (χ2n) is 9.59. The number of furan rings is 1. The van der Waals surface area contributed by atoms with Gasteiger partial charge in [0, 0.05) is 22.0 Å². The van der Waals surface area contributed by atoms with Crippen molar-refractivity contribution in [3.8, 4) is 17.1 Å². The highest BCUT2D eigenvalue weighted by Crippen LogP contribution is 2.29. The van der Waals surface area contributed by atoms with E-state index < -0.39 is 5.60 Å². The number of ether oxygens (including phenoxy) is 3. The Bertz CT molecular complexity index is 1470. The Hall–Kier alpha value is -3.37. The average molecular weight is 556 g/mol. The van der Waals surface area contributed by atoms with Crippen molar-refractivity contribution in [2.24, 2.45) is 0 Å². The van der Waals surface area contributed by atoms with Crippen LogP contribution >= 0.6 is 15.9 Å². The zero-order valence-corrected chi connectivity index (χ0v) is 21.8. The molecular formula is C26H26BrN3O6. The van der Waals surface area contributed by atoms with Gasteiger partial charge >= 0.3 is 6.09 Å². The van der Waals surface area contributed by atoms with Gasteiger partial charge in [0.25, 0.3) is 5.56 Å². The Morgan fingerprint density at radius 2 is 2.00 bits per heavy atom. The molecule has 0 radical (unpaired) electrons. The third-order valence-electron chi connectivity index (χ3n) is 5.64. The quantitative estimate of drug-likeness (QED) is 0.372. The molecule has 0 aliphatic carbocycles. The van der Waals surface area contributed by atoms with E-state index in [0.717, 1.165) is 15.4 Å². The van der Waals surface area contributed by atoms with E-state index in [1.807, 2.05) is 45.0 Å². The number of carbonyl (C=O) groups excluding carboxylic acids is 1. The molecule has 36 heavy (non-hydrogen) atoms. The van der Waals surface area contributed by atoms with Gasteiger partial charge in [-0.05, 0) is 63.2 Å². The molecule has 0 spiro atoms. The van der Waals surface area contributed by atoms with Crippen LogP contribution < -0.4 is 10.3 Å². The number of H-pyrrole nitrogens is 1. The van der Waals surface area contributed by atoms with E-state index in [0.29, 0.717) is 42.4 Å². The molecule has 1 N–H and O–H groups in total. The number of fused-ring (bicyclic) bond motifs is 3. The Labute approximate surface area is 215 Å². The number of morpholine rings is 1. The van der Waals surface area contributed by atoms with E-state index >= 15 is 0 Å². The minimum Gasteiger partial charge on any atom is -0.491 e. The fraction of sp³-hybridized carbons (Fsp3) is 0.346. The van der Waals surface area contributed by atoms with E-state index in [1.54, 1.807) is 23.1 Å². The number of hydrogen-bond donors (Lipinski definition) is 1. The number of halogens is 1. The van der Waals surface area contributed by atoms with Gasteiger partial charge < -0.3 is 28.5 Å². The van der Waals surface area contributed by atoms with Gasteiger partial charge in [-0.15, -0.1) is 0 Å². The maximum absolute atomic E-state index is 12.6. The molecular weight excluding hydrogens is 530 g/mol. The maximum atomic E-state index is 12.6. The Morgan fingerprint density at radius 1 is 1.22 bits per heavy atom. The molecule has 1 atom stereocenters. The summed E-state index contributed by atoms with van der Waals surface area (Å²) in [5, 5.41) is 0.764. The van der Waals surface area contributed by atoms with Crippen LogP contribution in [0.1, 0.15) is 20.8 Å². The SMILES string of the molecule is CC(C)(C)OC(=O)N1CCOC(COc2ccc(-c3nc4c(oc5ccc(Br)cc54)c(=O)[nH]3)cc2)C1. The molecule has 1 unspecified atom stereocenters. The van der Waals surface area contributed by atoms with Gasteiger partial charge in [-0.1, -0.05) is 15.9 Å². The van der Waals surface area contributed by atoms with Crippen LogP contribution in [0.25, 0.3) is 33.5 Å². The molecule has 1 fully saturated rings. The fourth-order valence-corrected chi connectivity index (χ4v) is 4.33. The fourth-order valence-electron chi connectivity index (χ4n) is 3.97. The second-order valence-corrected chi connectivity index (χ2v) is 10.5. The lowest BCUT2D eigenvalue weighted by molar-refractivity contribution is -0.0557. The highest BCUT2D eigenvalue weighted by atomic mass is 79.9. The first-order chi connectivity index (χ1) is 17.2. The van der Waals surface area contributed by atoms with Crippen molar-refractivity contribution < 1.29 is 23.4 Å². The number of carbonyl (C=O) groups is 1. The third kappa shape index (κ3) is 5.24. The first-order valence-corrected chi connectivity index (χ1v) is 12.4. The van der Waals surface area contributed by atoms with Gasteiger partial charge in [0.1, 0.15) is 41.0 Å². The van der Waals surface area contributed by atoms with Gasteiger partial charge in [-0.2, -0.15) is 0 Å². The first-order valence-electron chi connectivity index (χ1n) is 11.6. The normalized spacial score (nSPS) is 16.4. The van der Waals surface area contributed by atoms with E-state index in [9.17, 15) is 9.59 Å². The van der Waals surface area contributed by atoms with Crippen molar-refractivity contribution >= 4 is 44.1 Å². The van der Waals surface area contributed by atoms with E-state index in [4.69, 9.17) is 18.6 Å². The van der Waals surface area contributed by atoms with Gasteiger partial charge in [-0.25, -0.2) is 9.78 Å². The molecule has 0 saturated carbocycles. The molecule has 1 aliphatic heterocycles. The number of aromatic nitrogens is 2. The molecule has 10 heteroatoms. The Balaban J connectivity index is 1.27. The topological polar surface area (TPSA) is 107 Å². The van der Waals surface area contributed by atoms with E-state index in [1.165, 1.54) is 0 Å². The molecule has 9 nitrogen and oxygen atoms in total. The predicted octanol–water partition coefficient (Wildman–Crippen LogP) is 5.11. The first kappa shape index (κ1) is 24.3. The summed E-state index contributed by atoms with van der Waals surface area (Å²) in [7, 11) is 0. The number of benzene rings is 2. The van der Waals surface area contributed by atoms with Crippen LogP contribution in [0.15, 0.2) is 56.1 Å². The predicted molar refractivity (Wildman–Crippen MR) is 138 cm³/mol. The van der Waals surface area contributed by atoms with Crippen LogP contribution in [0.3, 0.4) is 0 Å². The molecule has 2 aromatic carbocycles. The van der Waals surface area contributed by atoms with Crippen molar-refractivity contribution in [3.63, 3.8) is 0 Å². The van der Waals surface area contributed by atoms with Gasteiger partial charge in [-0.3, -0.25) is 4.79 Å². The van der Waals surface area contributed by atoms with Crippen LogP contribution in [0.4, 0.5) is 4.79 Å². The van der Waals surface area contributed by atoms with Crippen molar-refractivity contribution in [1.82, 2.24) is 14.9 Å². The molecule has 3 heterocycles. The molecule has 4 aromatic rings. The summed E-state index contributed by atoms with van der Waals surface area (Å²) in [6.07, 6.45) is -0.614. The third-order valence-corrected chi connectivity index (χ3v) is 6.13. The molecule has 1 amide bonds. The lowest BCUT2D eigenvalue weighted by Crippen LogP contribution is -2.49. The van der Waals surface area contributed by atoms with Crippen molar-refractivity contribution in [2.75, 3.05) is 26.3 Å². The summed E-state index contributed by atoms with van der Waals surface area (Å²) in [4.78, 5) is 34.1. The second kappa shape index (κ2) is 9.59. The van der Waals surface area contributed by atoms with Crippen molar-refractivity contribution in [1.29, 1.82) is 0 Å². The molecule has 0 bridgehead atoms. The number of amides is 1. The largest absolute Gasteiger partial charge is 0.491 e. The van der Waals surface area contributed by atoms with Gasteiger partial charge in [0.15, 0.2) is 0 Å². The smallest absolute Gasteiger partial charge is 0.410 e. The minimum absolute atomic E-state index is 0.194. The van der Waals surface area contributed by atoms with Crippen LogP contribution in [0, 0.1) is 0 Å². The minimum atomic E-state index is -0.547. The average Bonchev–Trinajstić information content (AvgIpc) is 3.21. The van der Waals surface area contributed by atoms with E-state index in [-0.39, 0.29) is 29.9 Å². The van der Waals surface area contributed by atoms with E-state index in [2.05, 4.69) is 25.9 Å². The number of nitrogens with zero attached hydrogens (tertiary/aromatic N) is 2. The summed E-state index contributed by atoms with van der Waals surface area (Å²) in [6.45, 7) is 7.12. The Morgan fingerprint density at radius 3 is 2.75 bits per heavy atom. The van der Waals surface area contributed by atoms with Crippen molar-refractivity contribution in [3.05, 3.63) is 57.3 Å². The molecule has 188 valence electrons. The van der Waals surface area contributed by atoms with Gasteiger partial charge in [0.05, 0.1) is 13.2 Å². The lowest BCUT2D eigenvalue weighted by atomic mass is 10.2. The molecule has 1 saturated heterocycles. The summed E-state index contributed by atoms with van der Waals surface area (Å²) in [6, 6.07) is 12.8. The summed E-state index contributed by atoms with van der Waals surface area (Å²) < 4.78 is 23.7. The molecule has 1 aliphatic rings. The standard InChI is InChI=1S/C26H26BrN3O6/c1-26(2,3)36-25(32)30-10-11-33-18(13-30)14-34-17-7-4-15(5-8-17)23-28-21-19-12-16(27)6-9-20(19)35-22(21)24(31)29-23/h4-9,12,18H,10-11,13-14H2,1-3H3,(H,28,29,31). The van der Waals surface area contributed by atoms with Crippen LogP contribution in [0.5, 0.6) is 5.75 Å². The maximum Gasteiger partial charge on any atom is 0.410 e. The zero-order chi connectivity index (χ0) is 25.4. The monoisotopic (exact) mass is 555 g/mol. The van der Waals surface area contributed by atoms with Crippen LogP contribution in [-0.2, 0) is 9.47 Å². The highest BCUT2D eigenvalue weighted by molar-refractivity contribution is 9.10. The van der Waals surface area contributed by atoms with Gasteiger partial charge in [0.2, 0.25) is 5.58 Å². The number of nitrogens with one attached hydrogen (secondary N) is 1. The van der Waals surface area contributed by atoms with Crippen molar-refractivity contribution in [2.45, 2.75) is 32.5 Å². The number of hydrogen-bond acceptors (Lipinski definition) is 7. The summed E-state index contributed by atoms with van der Waals surface area (Å²) >= 11 is 3.45. The molecule has 5 rings (SSSR count). The zero-order valence-electron chi connectivity index (χ0n) is 20.2. The van der Waals surface area contributed by atoms with Crippen LogP contribution in [-0.4, -0.2) is 59.0 Å². The number of aromatic amines is 1.